The van der Waals surface area contributed by atoms with E-state index in [4.69, 9.17) is 0 Å². The van der Waals surface area contributed by atoms with E-state index in [1.54, 1.807) is 6.07 Å². The molecule has 2 rings (SSSR count). The maximum atomic E-state index is 13.2. The normalized spacial score (nSPS) is 15.5. The predicted octanol–water partition coefficient (Wildman–Crippen LogP) is 1.83. The summed E-state index contributed by atoms with van der Waals surface area (Å²) in [5, 5.41) is 3.22. The summed E-state index contributed by atoms with van der Waals surface area (Å²) < 4.78 is 27.8. The monoisotopic (exact) mass is 381 g/mol. The Bertz CT molecular complexity index is 741. The minimum atomic E-state index is -3.61. The third kappa shape index (κ3) is 4.84. The first-order valence-electron chi connectivity index (χ1n) is 9.34. The summed E-state index contributed by atoms with van der Waals surface area (Å²) in [5.74, 6) is 0.0274. The Morgan fingerprint density at radius 3 is 2.31 bits per heavy atom. The molecule has 0 bridgehead atoms. The van der Waals surface area contributed by atoms with Crippen LogP contribution in [0.2, 0.25) is 0 Å². The van der Waals surface area contributed by atoms with E-state index in [0.717, 1.165) is 29.8 Å². The molecule has 0 aromatic heterocycles. The van der Waals surface area contributed by atoms with Crippen LogP contribution in [0.5, 0.6) is 0 Å². The maximum absolute atomic E-state index is 13.2. The van der Waals surface area contributed by atoms with Crippen molar-refractivity contribution in [3.05, 3.63) is 28.8 Å². The lowest BCUT2D eigenvalue weighted by molar-refractivity contribution is -0.131. The molecule has 1 aromatic rings. The zero-order valence-electron chi connectivity index (χ0n) is 16.3. The van der Waals surface area contributed by atoms with E-state index in [0.29, 0.717) is 31.0 Å². The van der Waals surface area contributed by atoms with Crippen LogP contribution in [0.25, 0.3) is 0 Å². The van der Waals surface area contributed by atoms with Crippen LogP contribution < -0.4 is 5.32 Å². The predicted molar refractivity (Wildman–Crippen MR) is 104 cm³/mol. The van der Waals surface area contributed by atoms with Crippen LogP contribution in [0.4, 0.5) is 0 Å². The molecule has 0 radical (unpaired) electrons. The van der Waals surface area contributed by atoms with Gasteiger partial charge < -0.3 is 10.2 Å². The van der Waals surface area contributed by atoms with Crippen LogP contribution in [-0.4, -0.2) is 62.8 Å². The highest BCUT2D eigenvalue weighted by atomic mass is 32.2. The molecule has 1 N–H and O–H groups in total. The number of rotatable bonds is 7. The average molecular weight is 382 g/mol. The lowest BCUT2D eigenvalue weighted by Gasteiger charge is -2.29. The van der Waals surface area contributed by atoms with Gasteiger partial charge in [-0.05, 0) is 49.9 Å². The molecule has 1 aliphatic heterocycles. The molecule has 0 saturated carbocycles. The Hall–Kier alpha value is -1.44. The van der Waals surface area contributed by atoms with Gasteiger partial charge in [-0.1, -0.05) is 13.0 Å². The van der Waals surface area contributed by atoms with Crippen molar-refractivity contribution in [2.75, 3.05) is 39.3 Å². The molecule has 6 nitrogen and oxygen atoms in total. The Morgan fingerprint density at radius 1 is 1.08 bits per heavy atom. The van der Waals surface area contributed by atoms with Crippen molar-refractivity contribution in [2.24, 2.45) is 0 Å². The van der Waals surface area contributed by atoms with Crippen LogP contribution in [0.1, 0.15) is 36.5 Å². The van der Waals surface area contributed by atoms with E-state index in [1.165, 1.54) is 4.31 Å². The molecule has 0 atom stereocenters. The Balaban J connectivity index is 2.17. The van der Waals surface area contributed by atoms with Crippen molar-refractivity contribution in [2.45, 2.75) is 45.4 Å². The van der Waals surface area contributed by atoms with Crippen LogP contribution in [0.3, 0.4) is 0 Å². The average Bonchev–Trinajstić information content (AvgIpc) is 2.61. The number of hydrogen-bond donors (Lipinski definition) is 1. The number of nitrogens with zero attached hydrogens (tertiary/aromatic N) is 2. The molecule has 1 aliphatic rings. The molecule has 1 fully saturated rings. The SMILES string of the molecule is CCCN(CCC(=O)N1CCNCC1)S(=O)(=O)c1cc(C)c(C)cc1C. The molecular formula is C19H31N3O3S. The molecule has 0 spiro atoms. The molecule has 26 heavy (non-hydrogen) atoms. The fourth-order valence-corrected chi connectivity index (χ4v) is 5.07. The van der Waals surface area contributed by atoms with Gasteiger partial charge in [0.25, 0.3) is 0 Å². The van der Waals surface area contributed by atoms with Gasteiger partial charge in [0, 0.05) is 45.7 Å². The highest BCUT2D eigenvalue weighted by Gasteiger charge is 2.27. The van der Waals surface area contributed by atoms with Crippen molar-refractivity contribution in [3.8, 4) is 0 Å². The molecule has 7 heteroatoms. The number of carbonyl (C=O) groups excluding carboxylic acids is 1. The molecule has 0 aliphatic carbocycles. The fourth-order valence-electron chi connectivity index (χ4n) is 3.25. The summed E-state index contributed by atoms with van der Waals surface area (Å²) in [7, 11) is -3.61. The standard InChI is InChI=1S/C19H31N3O3S/c1-5-9-22(10-6-19(23)21-11-7-20-8-12-21)26(24,25)18-14-16(3)15(2)13-17(18)4/h13-14,20H,5-12H2,1-4H3. The second-order valence-corrected chi connectivity index (χ2v) is 8.89. The molecule has 146 valence electrons. The summed E-state index contributed by atoms with van der Waals surface area (Å²) in [6.07, 6.45) is 0.939. The van der Waals surface area contributed by atoms with E-state index in [1.807, 2.05) is 38.7 Å². The van der Waals surface area contributed by atoms with Gasteiger partial charge in [-0.3, -0.25) is 4.79 Å². The zero-order valence-corrected chi connectivity index (χ0v) is 17.2. The molecule has 1 heterocycles. The molecule has 1 amide bonds. The van der Waals surface area contributed by atoms with Gasteiger partial charge in [-0.15, -0.1) is 0 Å². The first-order chi connectivity index (χ1) is 12.3. The summed E-state index contributed by atoms with van der Waals surface area (Å²) in [6.45, 7) is 11.3. The van der Waals surface area contributed by atoms with Gasteiger partial charge in [0.2, 0.25) is 15.9 Å². The van der Waals surface area contributed by atoms with Crippen LogP contribution in [0.15, 0.2) is 17.0 Å². The fraction of sp³-hybridized carbons (Fsp3) is 0.632. The third-order valence-corrected chi connectivity index (χ3v) is 6.97. The van der Waals surface area contributed by atoms with Gasteiger partial charge in [-0.2, -0.15) is 4.31 Å². The summed E-state index contributed by atoms with van der Waals surface area (Å²) in [5.41, 5.74) is 2.79. The molecule has 1 saturated heterocycles. The third-order valence-electron chi connectivity index (χ3n) is 4.93. The smallest absolute Gasteiger partial charge is 0.243 e. The van der Waals surface area contributed by atoms with Gasteiger partial charge in [0.05, 0.1) is 4.90 Å². The lowest BCUT2D eigenvalue weighted by Crippen LogP contribution is -2.47. The Kier molecular flexibility index (Phi) is 7.20. The van der Waals surface area contributed by atoms with Gasteiger partial charge in [0.1, 0.15) is 0 Å². The number of aryl methyl sites for hydroxylation is 3. The Labute approximate surface area is 157 Å². The first-order valence-corrected chi connectivity index (χ1v) is 10.8. The van der Waals surface area contributed by atoms with E-state index in [9.17, 15) is 13.2 Å². The summed E-state index contributed by atoms with van der Waals surface area (Å²) in [6, 6.07) is 3.67. The second kappa shape index (κ2) is 8.97. The summed E-state index contributed by atoms with van der Waals surface area (Å²) >= 11 is 0. The Morgan fingerprint density at radius 2 is 1.69 bits per heavy atom. The van der Waals surface area contributed by atoms with Crippen molar-refractivity contribution in [1.82, 2.24) is 14.5 Å². The number of hydrogen-bond acceptors (Lipinski definition) is 4. The number of nitrogens with one attached hydrogen (secondary N) is 1. The highest BCUT2D eigenvalue weighted by molar-refractivity contribution is 7.89. The van der Waals surface area contributed by atoms with E-state index >= 15 is 0 Å². The van der Waals surface area contributed by atoms with Crippen molar-refractivity contribution in [3.63, 3.8) is 0 Å². The van der Waals surface area contributed by atoms with Gasteiger partial charge in [-0.25, -0.2) is 8.42 Å². The largest absolute Gasteiger partial charge is 0.340 e. The maximum Gasteiger partial charge on any atom is 0.243 e. The van der Waals surface area contributed by atoms with Crippen LogP contribution in [0, 0.1) is 20.8 Å². The van der Waals surface area contributed by atoms with Crippen molar-refractivity contribution in [1.29, 1.82) is 0 Å². The molecule has 0 unspecified atom stereocenters. The number of benzene rings is 1. The van der Waals surface area contributed by atoms with Gasteiger partial charge in [0.15, 0.2) is 0 Å². The van der Waals surface area contributed by atoms with E-state index < -0.39 is 10.0 Å². The van der Waals surface area contributed by atoms with Gasteiger partial charge >= 0.3 is 0 Å². The van der Waals surface area contributed by atoms with Crippen molar-refractivity contribution < 1.29 is 13.2 Å². The highest BCUT2D eigenvalue weighted by Crippen LogP contribution is 2.24. The topological polar surface area (TPSA) is 69.7 Å². The number of piperazine rings is 1. The minimum absolute atomic E-state index is 0.0274. The molecule has 1 aromatic carbocycles. The number of amides is 1. The number of carbonyl (C=O) groups is 1. The zero-order chi connectivity index (χ0) is 19.3. The molecular weight excluding hydrogens is 350 g/mol. The summed E-state index contributed by atoms with van der Waals surface area (Å²) in [4.78, 5) is 14.6. The van der Waals surface area contributed by atoms with Crippen molar-refractivity contribution >= 4 is 15.9 Å². The second-order valence-electron chi connectivity index (χ2n) is 6.99. The first kappa shape index (κ1) is 20.9. The van der Waals surface area contributed by atoms with Crippen LogP contribution >= 0.6 is 0 Å². The lowest BCUT2D eigenvalue weighted by atomic mass is 10.1. The van der Waals surface area contributed by atoms with E-state index in [2.05, 4.69) is 5.32 Å². The quantitative estimate of drug-likeness (QED) is 0.782. The number of sulfonamides is 1. The van der Waals surface area contributed by atoms with Crippen LogP contribution in [-0.2, 0) is 14.8 Å². The minimum Gasteiger partial charge on any atom is -0.340 e. The van der Waals surface area contributed by atoms with E-state index in [-0.39, 0.29) is 18.9 Å².